The van der Waals surface area contributed by atoms with Gasteiger partial charge in [-0.2, -0.15) is 4.39 Å². The molecule has 1 saturated heterocycles. The van der Waals surface area contributed by atoms with Crippen LogP contribution in [0.4, 0.5) is 19.3 Å². The normalized spacial score (nSPS) is 19.6. The number of carbonyl (C=O) groups excluding carboxylic acids is 1. The van der Waals surface area contributed by atoms with E-state index in [2.05, 4.69) is 10.3 Å². The summed E-state index contributed by atoms with van der Waals surface area (Å²) < 4.78 is 39.4. The van der Waals surface area contributed by atoms with Crippen LogP contribution in [-0.2, 0) is 11.2 Å². The monoisotopic (exact) mass is 457 g/mol. The van der Waals surface area contributed by atoms with Crippen molar-refractivity contribution in [1.29, 1.82) is 0 Å². The quantitative estimate of drug-likeness (QED) is 0.390. The number of carbonyl (C=O) groups is 1. The summed E-state index contributed by atoms with van der Waals surface area (Å²) in [6.45, 7) is 0.632. The fourth-order valence-electron chi connectivity index (χ4n) is 4.14. The molecule has 2 bridgehead atoms. The minimum absolute atomic E-state index is 0.0555. The zero-order chi connectivity index (χ0) is 21.4. The van der Waals surface area contributed by atoms with Gasteiger partial charge in [-0.15, -0.1) is 0 Å². The number of ether oxygens (including phenoxy) is 2. The van der Waals surface area contributed by atoms with Gasteiger partial charge in [-0.25, -0.2) is 14.2 Å². The van der Waals surface area contributed by atoms with Crippen molar-refractivity contribution < 1.29 is 23.0 Å². The van der Waals surface area contributed by atoms with Crippen LogP contribution in [0.15, 0.2) is 18.3 Å². The second kappa shape index (κ2) is 8.53. The maximum atomic E-state index is 14.4. The van der Waals surface area contributed by atoms with Crippen LogP contribution in [0.1, 0.15) is 30.0 Å². The lowest BCUT2D eigenvalue weighted by Gasteiger charge is -2.37. The first-order chi connectivity index (χ1) is 14.4. The topological polar surface area (TPSA) is 63.7 Å². The lowest BCUT2D eigenvalue weighted by Crippen LogP contribution is -2.44. The zero-order valence-electron chi connectivity index (χ0n) is 16.1. The molecule has 0 radical (unpaired) electrons. The van der Waals surface area contributed by atoms with Gasteiger partial charge in [0, 0.05) is 24.3 Å². The van der Waals surface area contributed by atoms with E-state index in [9.17, 15) is 13.6 Å². The Morgan fingerprint density at radius 1 is 1.27 bits per heavy atom. The Balaban J connectivity index is 1.63. The SMILES string of the molecule is COCCOc1cnc(F)c2c1[C@H]1CC[C@@H](C2)N1C(=O)Nc1cc(Cl)c(Cl)cc1F. The van der Waals surface area contributed by atoms with Crippen LogP contribution in [0, 0.1) is 11.8 Å². The summed E-state index contributed by atoms with van der Waals surface area (Å²) in [5, 5.41) is 2.75. The highest BCUT2D eigenvalue weighted by atomic mass is 35.5. The molecule has 0 saturated carbocycles. The molecule has 2 aliphatic rings. The van der Waals surface area contributed by atoms with Crippen LogP contribution in [0.25, 0.3) is 0 Å². The van der Waals surface area contributed by atoms with Crippen molar-refractivity contribution in [3.8, 4) is 5.75 Å². The molecule has 1 aromatic heterocycles. The Morgan fingerprint density at radius 3 is 2.80 bits per heavy atom. The number of halogens is 4. The van der Waals surface area contributed by atoms with Gasteiger partial charge in [0.05, 0.1) is 34.6 Å². The van der Waals surface area contributed by atoms with Gasteiger partial charge < -0.3 is 19.7 Å². The molecule has 1 aromatic carbocycles. The van der Waals surface area contributed by atoms with Gasteiger partial charge in [0.2, 0.25) is 5.95 Å². The van der Waals surface area contributed by atoms with Crippen molar-refractivity contribution in [2.24, 2.45) is 0 Å². The molecule has 0 unspecified atom stereocenters. The van der Waals surface area contributed by atoms with E-state index in [1.807, 2.05) is 0 Å². The molecule has 2 amide bonds. The van der Waals surface area contributed by atoms with E-state index in [0.29, 0.717) is 42.7 Å². The molecule has 1 N–H and O–H groups in total. The van der Waals surface area contributed by atoms with Crippen LogP contribution >= 0.6 is 23.2 Å². The number of fused-ring (bicyclic) bond motifs is 4. The number of hydrogen-bond donors (Lipinski definition) is 1. The summed E-state index contributed by atoms with van der Waals surface area (Å²) in [4.78, 5) is 18.5. The van der Waals surface area contributed by atoms with Gasteiger partial charge in [0.15, 0.2) is 0 Å². The third-order valence-electron chi connectivity index (χ3n) is 5.44. The van der Waals surface area contributed by atoms with Gasteiger partial charge in [-0.05, 0) is 31.4 Å². The van der Waals surface area contributed by atoms with Gasteiger partial charge in [-0.1, -0.05) is 23.2 Å². The number of hydrogen-bond acceptors (Lipinski definition) is 4. The highest BCUT2D eigenvalue weighted by Gasteiger charge is 2.45. The Morgan fingerprint density at radius 2 is 2.03 bits per heavy atom. The molecule has 4 rings (SSSR count). The fourth-order valence-corrected chi connectivity index (χ4v) is 4.45. The third kappa shape index (κ3) is 3.79. The molecule has 2 aromatic rings. The van der Waals surface area contributed by atoms with Crippen LogP contribution in [0.5, 0.6) is 5.75 Å². The van der Waals surface area contributed by atoms with Crippen LogP contribution in [0.3, 0.4) is 0 Å². The standard InChI is InChI=1S/C20H19Cl2F2N3O3/c1-29-4-5-30-17-9-25-19(24)11-6-10-2-3-16(18(11)17)27(10)20(28)26-15-8-13(22)12(21)7-14(15)23/h7-10,16H,2-6H2,1H3,(H,26,28)/t10-,16+/m0/s1. The number of urea groups is 1. The fraction of sp³-hybridized carbons (Fsp3) is 0.400. The van der Waals surface area contributed by atoms with Gasteiger partial charge in [-0.3, -0.25) is 0 Å². The van der Waals surface area contributed by atoms with E-state index >= 15 is 0 Å². The molecule has 2 aliphatic heterocycles. The summed E-state index contributed by atoms with van der Waals surface area (Å²) in [7, 11) is 1.55. The number of pyridine rings is 1. The molecule has 10 heteroatoms. The Labute approximate surface area is 182 Å². The largest absolute Gasteiger partial charge is 0.489 e. The average molecular weight is 458 g/mol. The van der Waals surface area contributed by atoms with Gasteiger partial charge >= 0.3 is 6.03 Å². The van der Waals surface area contributed by atoms with Crippen LogP contribution in [0.2, 0.25) is 10.0 Å². The predicted molar refractivity (Wildman–Crippen MR) is 108 cm³/mol. The number of methoxy groups -OCH3 is 1. The number of aromatic nitrogens is 1. The summed E-state index contributed by atoms with van der Waals surface area (Å²) in [5.74, 6) is -0.828. The number of nitrogens with one attached hydrogen (secondary N) is 1. The van der Waals surface area contributed by atoms with Crippen LogP contribution < -0.4 is 10.1 Å². The molecule has 160 valence electrons. The number of rotatable bonds is 5. The van der Waals surface area contributed by atoms with E-state index in [1.54, 1.807) is 12.0 Å². The number of anilines is 1. The highest BCUT2D eigenvalue weighted by Crippen LogP contribution is 2.48. The minimum Gasteiger partial charge on any atom is -0.489 e. The predicted octanol–water partition coefficient (Wildman–Crippen LogP) is 4.99. The van der Waals surface area contributed by atoms with E-state index in [0.717, 1.165) is 6.07 Å². The lowest BCUT2D eigenvalue weighted by molar-refractivity contribution is 0.141. The molecule has 2 atom stereocenters. The summed E-state index contributed by atoms with van der Waals surface area (Å²) in [5.41, 5.74) is 0.997. The maximum Gasteiger partial charge on any atom is 0.322 e. The van der Waals surface area contributed by atoms with Crippen molar-refractivity contribution in [1.82, 2.24) is 9.88 Å². The van der Waals surface area contributed by atoms with E-state index in [1.165, 1.54) is 12.3 Å². The van der Waals surface area contributed by atoms with Crippen LogP contribution in [-0.4, -0.2) is 42.3 Å². The molecule has 1 fully saturated rings. The first-order valence-corrected chi connectivity index (χ1v) is 10.2. The molecule has 3 heterocycles. The Bertz CT molecular complexity index is 992. The second-order valence-electron chi connectivity index (χ2n) is 7.18. The maximum absolute atomic E-state index is 14.4. The number of benzene rings is 1. The molecule has 6 nitrogen and oxygen atoms in total. The summed E-state index contributed by atoms with van der Waals surface area (Å²) in [6, 6.07) is 1.19. The molecule has 30 heavy (non-hydrogen) atoms. The van der Waals surface area contributed by atoms with Crippen molar-refractivity contribution in [3.63, 3.8) is 0 Å². The first kappa shape index (κ1) is 21.1. The molecule has 0 spiro atoms. The number of amides is 2. The average Bonchev–Trinajstić information content (AvgIpc) is 3.02. The van der Waals surface area contributed by atoms with E-state index in [4.69, 9.17) is 32.7 Å². The van der Waals surface area contributed by atoms with E-state index < -0.39 is 23.8 Å². The smallest absolute Gasteiger partial charge is 0.322 e. The summed E-state index contributed by atoms with van der Waals surface area (Å²) in [6.07, 6.45) is 2.97. The minimum atomic E-state index is -0.693. The molecule has 0 aliphatic carbocycles. The van der Waals surface area contributed by atoms with Crippen molar-refractivity contribution in [2.45, 2.75) is 31.3 Å². The van der Waals surface area contributed by atoms with Gasteiger partial charge in [0.25, 0.3) is 0 Å². The number of nitrogens with zero attached hydrogens (tertiary/aromatic N) is 2. The van der Waals surface area contributed by atoms with E-state index in [-0.39, 0.29) is 28.4 Å². The first-order valence-electron chi connectivity index (χ1n) is 9.43. The Kier molecular flexibility index (Phi) is 5.99. The molecular formula is C20H19Cl2F2N3O3. The van der Waals surface area contributed by atoms with Crippen molar-refractivity contribution in [3.05, 3.63) is 51.3 Å². The zero-order valence-corrected chi connectivity index (χ0v) is 17.6. The molecular weight excluding hydrogens is 439 g/mol. The third-order valence-corrected chi connectivity index (χ3v) is 6.16. The Hall–Kier alpha value is -2.16. The highest BCUT2D eigenvalue weighted by molar-refractivity contribution is 6.42. The second-order valence-corrected chi connectivity index (χ2v) is 8.00. The summed E-state index contributed by atoms with van der Waals surface area (Å²) >= 11 is 11.8. The lowest BCUT2D eigenvalue weighted by atomic mass is 9.94. The van der Waals surface area contributed by atoms with Crippen molar-refractivity contribution in [2.75, 3.05) is 25.6 Å². The van der Waals surface area contributed by atoms with Gasteiger partial charge in [0.1, 0.15) is 18.2 Å². The van der Waals surface area contributed by atoms with Crippen molar-refractivity contribution >= 4 is 34.9 Å².